The van der Waals surface area contributed by atoms with Crippen molar-refractivity contribution in [3.63, 3.8) is 0 Å². The fourth-order valence-electron chi connectivity index (χ4n) is 1.34. The number of hydrogen-bond acceptors (Lipinski definition) is 5. The molecule has 0 amide bonds. The van der Waals surface area contributed by atoms with Crippen molar-refractivity contribution >= 4 is 19.9 Å². The van der Waals surface area contributed by atoms with E-state index in [1.54, 1.807) is 12.1 Å². The molecule has 0 fully saturated rings. The molecule has 0 atom stereocenters. The average molecular weight is 293 g/mol. The molecule has 8 heteroatoms. The van der Waals surface area contributed by atoms with Crippen molar-refractivity contribution < 1.29 is 21.9 Å². The van der Waals surface area contributed by atoms with Crippen molar-refractivity contribution in [1.29, 1.82) is 0 Å². The first-order chi connectivity index (χ1) is 8.18. The van der Waals surface area contributed by atoms with E-state index in [9.17, 15) is 16.8 Å². The quantitative estimate of drug-likeness (QED) is 0.760. The third-order valence-electron chi connectivity index (χ3n) is 2.04. The highest BCUT2D eigenvalue weighted by Crippen LogP contribution is 2.09. The second-order valence-electron chi connectivity index (χ2n) is 3.97. The highest BCUT2D eigenvalue weighted by Gasteiger charge is 2.17. The third kappa shape index (κ3) is 5.99. The molecule has 0 aliphatic carbocycles. The SMILES string of the molecule is CS(=O)(=O)CS(=O)(=O)NCCc1ccc(O)cc1. The summed E-state index contributed by atoms with van der Waals surface area (Å²) >= 11 is 0. The van der Waals surface area contributed by atoms with Gasteiger partial charge in [-0.2, -0.15) is 0 Å². The molecule has 1 aromatic rings. The summed E-state index contributed by atoms with van der Waals surface area (Å²) in [6.45, 7) is 0.114. The van der Waals surface area contributed by atoms with E-state index in [2.05, 4.69) is 4.72 Å². The number of sulfone groups is 1. The molecule has 0 bridgehead atoms. The molecular formula is C10H15NO5S2. The number of rotatable bonds is 6. The van der Waals surface area contributed by atoms with E-state index < -0.39 is 24.9 Å². The lowest BCUT2D eigenvalue weighted by Crippen LogP contribution is -2.31. The Bertz CT molecular complexity index is 590. The van der Waals surface area contributed by atoms with Crippen LogP contribution in [0.2, 0.25) is 0 Å². The topological polar surface area (TPSA) is 101 Å². The summed E-state index contributed by atoms with van der Waals surface area (Å²) in [7, 11) is -7.37. The van der Waals surface area contributed by atoms with Crippen LogP contribution in [0.3, 0.4) is 0 Å². The van der Waals surface area contributed by atoms with Crippen LogP contribution >= 0.6 is 0 Å². The van der Waals surface area contributed by atoms with Crippen LogP contribution in [0, 0.1) is 0 Å². The van der Waals surface area contributed by atoms with E-state index in [-0.39, 0.29) is 12.3 Å². The Morgan fingerprint density at radius 3 is 2.17 bits per heavy atom. The Hall–Kier alpha value is -1.12. The highest BCUT2D eigenvalue weighted by molar-refractivity contribution is 8.06. The van der Waals surface area contributed by atoms with Crippen LogP contribution in [0.1, 0.15) is 5.56 Å². The average Bonchev–Trinajstić information content (AvgIpc) is 2.17. The summed E-state index contributed by atoms with van der Waals surface area (Å²) in [6, 6.07) is 6.33. The molecule has 102 valence electrons. The predicted molar refractivity (Wildman–Crippen MR) is 68.4 cm³/mol. The monoisotopic (exact) mass is 293 g/mol. The summed E-state index contributed by atoms with van der Waals surface area (Å²) in [4.78, 5) is 0. The molecule has 18 heavy (non-hydrogen) atoms. The normalized spacial score (nSPS) is 12.5. The van der Waals surface area contributed by atoms with Gasteiger partial charge in [-0.05, 0) is 24.1 Å². The van der Waals surface area contributed by atoms with Crippen LogP contribution in [0.15, 0.2) is 24.3 Å². The van der Waals surface area contributed by atoms with Crippen LogP contribution in [0.5, 0.6) is 5.75 Å². The molecular weight excluding hydrogens is 278 g/mol. The van der Waals surface area contributed by atoms with Crippen LogP contribution in [0.25, 0.3) is 0 Å². The summed E-state index contributed by atoms with van der Waals surface area (Å²) in [5, 5.41) is 8.15. The van der Waals surface area contributed by atoms with Gasteiger partial charge in [-0.3, -0.25) is 0 Å². The van der Waals surface area contributed by atoms with Gasteiger partial charge >= 0.3 is 0 Å². The van der Waals surface area contributed by atoms with E-state index in [0.29, 0.717) is 6.42 Å². The maximum absolute atomic E-state index is 11.4. The lowest BCUT2D eigenvalue weighted by Gasteiger charge is -2.05. The van der Waals surface area contributed by atoms with Gasteiger partial charge in [-0.25, -0.2) is 21.6 Å². The Morgan fingerprint density at radius 2 is 1.67 bits per heavy atom. The predicted octanol–water partition coefficient (Wildman–Crippen LogP) is -0.144. The molecule has 0 aromatic heterocycles. The summed E-state index contributed by atoms with van der Waals surface area (Å²) in [5.74, 6) is 0.136. The van der Waals surface area contributed by atoms with E-state index in [4.69, 9.17) is 5.11 Å². The van der Waals surface area contributed by atoms with Crippen LogP contribution in [-0.2, 0) is 26.3 Å². The van der Waals surface area contributed by atoms with Gasteiger partial charge in [0.15, 0.2) is 14.9 Å². The van der Waals surface area contributed by atoms with Crippen molar-refractivity contribution in [3.8, 4) is 5.75 Å². The molecule has 0 saturated carbocycles. The molecule has 0 radical (unpaired) electrons. The van der Waals surface area contributed by atoms with Crippen molar-refractivity contribution in [2.75, 3.05) is 17.9 Å². The van der Waals surface area contributed by atoms with Crippen molar-refractivity contribution in [2.45, 2.75) is 6.42 Å². The molecule has 1 rings (SSSR count). The second kappa shape index (κ2) is 5.68. The zero-order chi connectivity index (χ0) is 13.8. The molecule has 6 nitrogen and oxygen atoms in total. The first-order valence-electron chi connectivity index (χ1n) is 5.11. The van der Waals surface area contributed by atoms with E-state index in [0.717, 1.165) is 11.8 Å². The standard InChI is InChI=1S/C10H15NO5S2/c1-17(13,14)8-18(15,16)11-7-6-9-2-4-10(12)5-3-9/h2-5,11-12H,6-8H2,1H3. The van der Waals surface area contributed by atoms with E-state index in [1.165, 1.54) is 12.1 Å². The molecule has 0 spiro atoms. The minimum absolute atomic E-state index is 0.114. The smallest absolute Gasteiger partial charge is 0.226 e. The van der Waals surface area contributed by atoms with Gasteiger partial charge in [0.25, 0.3) is 0 Å². The second-order valence-corrected chi connectivity index (χ2v) is 8.28. The van der Waals surface area contributed by atoms with Gasteiger partial charge < -0.3 is 5.11 Å². The molecule has 2 N–H and O–H groups in total. The Kier molecular flexibility index (Phi) is 4.71. The van der Waals surface area contributed by atoms with Gasteiger partial charge in [0, 0.05) is 12.8 Å². The van der Waals surface area contributed by atoms with Crippen LogP contribution < -0.4 is 4.72 Å². The van der Waals surface area contributed by atoms with E-state index >= 15 is 0 Å². The minimum atomic E-state index is -3.80. The number of nitrogens with one attached hydrogen (secondary N) is 1. The molecule has 0 unspecified atom stereocenters. The first kappa shape index (κ1) is 14.9. The van der Waals surface area contributed by atoms with Gasteiger partial charge in [0.05, 0.1) is 0 Å². The summed E-state index contributed by atoms with van der Waals surface area (Å²) in [5.41, 5.74) is 0.842. The fourth-order valence-corrected chi connectivity index (χ4v) is 4.34. The highest BCUT2D eigenvalue weighted by atomic mass is 32.3. The van der Waals surface area contributed by atoms with Gasteiger partial charge in [0.1, 0.15) is 5.75 Å². The first-order valence-corrected chi connectivity index (χ1v) is 8.82. The van der Waals surface area contributed by atoms with Gasteiger partial charge in [-0.15, -0.1) is 0 Å². The molecule has 0 saturated heterocycles. The van der Waals surface area contributed by atoms with E-state index in [1.807, 2.05) is 0 Å². The van der Waals surface area contributed by atoms with Crippen molar-refractivity contribution in [3.05, 3.63) is 29.8 Å². The van der Waals surface area contributed by atoms with Gasteiger partial charge in [-0.1, -0.05) is 12.1 Å². The minimum Gasteiger partial charge on any atom is -0.508 e. The van der Waals surface area contributed by atoms with Crippen molar-refractivity contribution in [2.24, 2.45) is 0 Å². The van der Waals surface area contributed by atoms with Crippen LogP contribution in [-0.4, -0.2) is 39.8 Å². The number of benzene rings is 1. The summed E-state index contributed by atoms with van der Waals surface area (Å²) < 4.78 is 46.7. The van der Waals surface area contributed by atoms with Crippen LogP contribution in [0.4, 0.5) is 0 Å². The molecule has 0 aliphatic heterocycles. The zero-order valence-corrected chi connectivity index (χ0v) is 11.5. The number of phenols is 1. The Morgan fingerprint density at radius 1 is 1.11 bits per heavy atom. The number of phenolic OH excluding ortho intramolecular Hbond substituents is 1. The molecule has 0 heterocycles. The lowest BCUT2D eigenvalue weighted by atomic mass is 10.1. The third-order valence-corrected chi connectivity index (χ3v) is 5.64. The van der Waals surface area contributed by atoms with Crippen molar-refractivity contribution in [1.82, 2.24) is 4.72 Å². The fraction of sp³-hybridized carbons (Fsp3) is 0.400. The maximum atomic E-state index is 11.4. The lowest BCUT2D eigenvalue weighted by molar-refractivity contribution is 0.475. The van der Waals surface area contributed by atoms with Gasteiger partial charge in [0.2, 0.25) is 10.0 Å². The zero-order valence-electron chi connectivity index (χ0n) is 9.83. The largest absolute Gasteiger partial charge is 0.508 e. The maximum Gasteiger partial charge on any atom is 0.226 e. The molecule has 0 aliphatic rings. The molecule has 1 aromatic carbocycles. The Labute approximate surface area is 107 Å². The number of sulfonamides is 1. The number of hydrogen-bond donors (Lipinski definition) is 2. The Balaban J connectivity index is 2.49. The summed E-state index contributed by atoms with van der Waals surface area (Å²) in [6.07, 6.45) is 1.29. The number of aromatic hydroxyl groups is 1.